The average Bonchev–Trinajstić information content (AvgIpc) is 3.07. The van der Waals surface area contributed by atoms with Gasteiger partial charge in [-0.25, -0.2) is 9.97 Å². The van der Waals surface area contributed by atoms with Crippen LogP contribution in [0, 0.1) is 22.7 Å². The normalized spacial score (nSPS) is 10.8. The highest BCUT2D eigenvalue weighted by Gasteiger charge is 2.18. The molecule has 4 heterocycles. The van der Waals surface area contributed by atoms with E-state index in [4.69, 9.17) is 0 Å². The van der Waals surface area contributed by atoms with Gasteiger partial charge in [0.1, 0.15) is 23.5 Å². The summed E-state index contributed by atoms with van der Waals surface area (Å²) in [5.41, 5.74) is 8.47. The van der Waals surface area contributed by atoms with Gasteiger partial charge in [-0.2, -0.15) is 10.5 Å². The maximum Gasteiger partial charge on any atom is 0.141 e. The molecule has 7 rings (SSSR count). The molecule has 3 aromatic carbocycles. The van der Waals surface area contributed by atoms with Gasteiger partial charge in [0.15, 0.2) is 0 Å². The molecular weight excluding hydrogens is 516 g/mol. The molecule has 0 saturated heterocycles. The predicted octanol–water partition coefficient (Wildman–Crippen LogP) is 7.98. The molecule has 0 atom stereocenters. The lowest BCUT2D eigenvalue weighted by molar-refractivity contribution is 1.26. The molecule has 0 spiro atoms. The lowest BCUT2D eigenvalue weighted by Gasteiger charge is -2.18. The average molecular weight is 537 g/mol. The molecule has 6 heteroatoms. The Morgan fingerprint density at radius 3 is 1.19 bits per heavy atom. The lowest BCUT2D eigenvalue weighted by atomic mass is 9.86. The Kier molecular flexibility index (Phi) is 6.13. The number of nitriles is 2. The fourth-order valence-corrected chi connectivity index (χ4v) is 5.56. The van der Waals surface area contributed by atoms with Crippen molar-refractivity contribution in [1.29, 1.82) is 10.5 Å². The van der Waals surface area contributed by atoms with Crippen LogP contribution in [0.25, 0.3) is 66.1 Å². The molecular formula is C36H20N6. The summed E-state index contributed by atoms with van der Waals surface area (Å²) in [6.45, 7) is 0. The van der Waals surface area contributed by atoms with Gasteiger partial charge in [0.2, 0.25) is 0 Å². The summed E-state index contributed by atoms with van der Waals surface area (Å²) in [5.74, 6) is 0. The van der Waals surface area contributed by atoms with E-state index in [0.717, 1.165) is 66.1 Å². The second-order valence-electron chi connectivity index (χ2n) is 9.85. The number of nitrogens with zero attached hydrogens (tertiary/aromatic N) is 6. The van der Waals surface area contributed by atoms with Crippen molar-refractivity contribution >= 4 is 21.5 Å². The van der Waals surface area contributed by atoms with Gasteiger partial charge in [0.05, 0.1) is 0 Å². The summed E-state index contributed by atoms with van der Waals surface area (Å²) in [7, 11) is 0. The third-order valence-corrected chi connectivity index (χ3v) is 7.40. The third kappa shape index (κ3) is 4.30. The fraction of sp³-hybridized carbons (Fsp3) is 0. The molecule has 0 unspecified atom stereocenters. The molecule has 4 aromatic heterocycles. The summed E-state index contributed by atoms with van der Waals surface area (Å²) < 4.78 is 0. The van der Waals surface area contributed by atoms with Crippen LogP contribution in [0.15, 0.2) is 122 Å². The van der Waals surface area contributed by atoms with Crippen molar-refractivity contribution in [3.05, 3.63) is 133 Å². The van der Waals surface area contributed by atoms with Crippen molar-refractivity contribution in [1.82, 2.24) is 19.9 Å². The van der Waals surface area contributed by atoms with Crippen molar-refractivity contribution in [3.63, 3.8) is 0 Å². The highest BCUT2D eigenvalue weighted by atomic mass is 14.7. The number of pyridine rings is 4. The van der Waals surface area contributed by atoms with Crippen LogP contribution >= 0.6 is 0 Å². The van der Waals surface area contributed by atoms with Crippen molar-refractivity contribution in [2.75, 3.05) is 0 Å². The molecule has 6 nitrogen and oxygen atoms in total. The molecule has 7 aromatic rings. The van der Waals surface area contributed by atoms with Crippen LogP contribution in [-0.2, 0) is 0 Å². The van der Waals surface area contributed by atoms with Gasteiger partial charge in [0, 0.05) is 59.4 Å². The van der Waals surface area contributed by atoms with Gasteiger partial charge >= 0.3 is 0 Å². The number of hydrogen-bond donors (Lipinski definition) is 0. The first-order valence-corrected chi connectivity index (χ1v) is 13.3. The van der Waals surface area contributed by atoms with E-state index in [-0.39, 0.29) is 0 Å². The van der Waals surface area contributed by atoms with Crippen molar-refractivity contribution < 1.29 is 0 Å². The highest BCUT2D eigenvalue weighted by Crippen LogP contribution is 2.44. The second kappa shape index (κ2) is 10.4. The first kappa shape index (κ1) is 24.8. The molecule has 0 saturated carbocycles. The summed E-state index contributed by atoms with van der Waals surface area (Å²) in [6.07, 6.45) is 10.7. The molecule has 42 heavy (non-hydrogen) atoms. The van der Waals surface area contributed by atoms with E-state index >= 15 is 0 Å². The Balaban J connectivity index is 1.47. The minimum absolute atomic E-state index is 0.365. The fourth-order valence-electron chi connectivity index (χ4n) is 5.56. The van der Waals surface area contributed by atoms with Crippen LogP contribution in [0.3, 0.4) is 0 Å². The molecule has 0 radical (unpaired) electrons. The maximum atomic E-state index is 9.36. The van der Waals surface area contributed by atoms with Gasteiger partial charge in [-0.15, -0.1) is 0 Å². The van der Waals surface area contributed by atoms with Crippen LogP contribution in [0.1, 0.15) is 11.4 Å². The topological polar surface area (TPSA) is 99.1 Å². The highest BCUT2D eigenvalue weighted by molar-refractivity contribution is 6.21. The Labute approximate surface area is 241 Å². The first-order chi connectivity index (χ1) is 20.7. The number of rotatable bonds is 4. The van der Waals surface area contributed by atoms with Crippen molar-refractivity contribution in [3.8, 4) is 56.6 Å². The minimum atomic E-state index is 0.365. The van der Waals surface area contributed by atoms with E-state index in [0.29, 0.717) is 11.4 Å². The summed E-state index contributed by atoms with van der Waals surface area (Å²) in [6, 6.07) is 32.6. The molecule has 0 aliphatic heterocycles. The van der Waals surface area contributed by atoms with Gasteiger partial charge in [-0.3, -0.25) is 9.97 Å². The lowest BCUT2D eigenvalue weighted by Crippen LogP contribution is -1.93. The van der Waals surface area contributed by atoms with Gasteiger partial charge < -0.3 is 0 Å². The number of benzene rings is 3. The van der Waals surface area contributed by atoms with E-state index in [1.165, 1.54) is 0 Å². The van der Waals surface area contributed by atoms with E-state index in [1.807, 2.05) is 36.9 Å². The SMILES string of the molecule is N#Cc1cc(-c2cncc(-c3c4ccccc4c(-c4cncc(-c5ccnc(C#N)c5)c4)c4ccccc34)c2)ccn1. The van der Waals surface area contributed by atoms with Crippen LogP contribution in [-0.4, -0.2) is 19.9 Å². The summed E-state index contributed by atoms with van der Waals surface area (Å²) in [5, 5.41) is 23.1. The molecule has 0 aliphatic carbocycles. The number of hydrogen-bond acceptors (Lipinski definition) is 6. The number of aromatic nitrogens is 4. The Morgan fingerprint density at radius 2 is 0.810 bits per heavy atom. The zero-order valence-corrected chi connectivity index (χ0v) is 22.2. The quantitative estimate of drug-likeness (QED) is 0.211. The Morgan fingerprint density at radius 1 is 0.429 bits per heavy atom. The van der Waals surface area contributed by atoms with Crippen LogP contribution in [0.2, 0.25) is 0 Å². The van der Waals surface area contributed by atoms with Gasteiger partial charge in [-0.05, 0) is 80.2 Å². The second-order valence-corrected chi connectivity index (χ2v) is 9.85. The van der Waals surface area contributed by atoms with E-state index < -0.39 is 0 Å². The van der Waals surface area contributed by atoms with Crippen molar-refractivity contribution in [2.45, 2.75) is 0 Å². The van der Waals surface area contributed by atoms with Crippen LogP contribution < -0.4 is 0 Å². The largest absolute Gasteiger partial charge is 0.263 e. The molecule has 0 aliphatic rings. The van der Waals surface area contributed by atoms with Gasteiger partial charge in [-0.1, -0.05) is 48.5 Å². The monoisotopic (exact) mass is 536 g/mol. The zero-order chi connectivity index (χ0) is 28.5. The standard InChI is InChI=1S/C36H20N6/c37-17-29-15-23(9-11-41-29)25-13-27(21-39-19-25)35-31-5-1-2-6-32(31)36(34-8-4-3-7-33(34)35)28-14-26(20-40-22-28)24-10-12-42-30(16-24)18-38/h1-16,19-22H. The molecule has 0 fully saturated rings. The summed E-state index contributed by atoms with van der Waals surface area (Å²) in [4.78, 5) is 17.4. The van der Waals surface area contributed by atoms with Crippen molar-refractivity contribution in [2.24, 2.45) is 0 Å². The van der Waals surface area contributed by atoms with Gasteiger partial charge in [0.25, 0.3) is 0 Å². The zero-order valence-electron chi connectivity index (χ0n) is 22.2. The molecule has 194 valence electrons. The molecule has 0 amide bonds. The van der Waals surface area contributed by atoms with E-state index in [1.54, 1.807) is 24.5 Å². The smallest absolute Gasteiger partial charge is 0.141 e. The molecule has 0 N–H and O–H groups in total. The molecule has 0 bridgehead atoms. The van der Waals surface area contributed by atoms with Crippen LogP contribution in [0.5, 0.6) is 0 Å². The summed E-state index contributed by atoms with van der Waals surface area (Å²) >= 11 is 0. The van der Waals surface area contributed by atoms with E-state index in [9.17, 15) is 10.5 Å². The number of fused-ring (bicyclic) bond motifs is 2. The Hall–Kier alpha value is -6.24. The van der Waals surface area contributed by atoms with E-state index in [2.05, 4.69) is 92.7 Å². The predicted molar refractivity (Wildman–Crippen MR) is 164 cm³/mol. The maximum absolute atomic E-state index is 9.36. The first-order valence-electron chi connectivity index (χ1n) is 13.3. The third-order valence-electron chi connectivity index (χ3n) is 7.40. The van der Waals surface area contributed by atoms with Crippen LogP contribution in [0.4, 0.5) is 0 Å². The Bertz CT molecular complexity index is 2020. The minimum Gasteiger partial charge on any atom is -0.263 e.